The molecule has 0 radical (unpaired) electrons. The highest BCUT2D eigenvalue weighted by atomic mass is 16.6. The summed E-state index contributed by atoms with van der Waals surface area (Å²) in [6.45, 7) is 10.1. The van der Waals surface area contributed by atoms with Gasteiger partial charge in [-0.25, -0.2) is 24.0 Å². The van der Waals surface area contributed by atoms with Crippen LogP contribution in [-0.2, 0) is 38.2 Å². The van der Waals surface area contributed by atoms with Crippen molar-refractivity contribution in [2.45, 2.75) is 54.4 Å². The van der Waals surface area contributed by atoms with E-state index in [9.17, 15) is 28.8 Å². The minimum Gasteiger partial charge on any atom is -0.478 e. The van der Waals surface area contributed by atoms with Crippen LogP contribution in [0.15, 0.2) is 33.4 Å². The van der Waals surface area contributed by atoms with Gasteiger partial charge in [0.25, 0.3) is 0 Å². The standard InChI is InChI=1S/C9H16N2O3.C7H8O3.C6H6O3/c1-4-7(9(13)14)6(2)8(12)11-5-10-3;1-3-5-4(2)6(8)10-7(5)9;1-3-4(2)6(8)9-5(3)7/h10H,4-5H2,1-3H3,(H,11,12)(H,13,14);3H2,1-2H3;1-2H3/b7-6-;;. The van der Waals surface area contributed by atoms with E-state index in [-0.39, 0.29) is 17.1 Å². The second-order valence-electron chi connectivity index (χ2n) is 6.86. The zero-order valence-corrected chi connectivity index (χ0v) is 19.8. The third-order valence-electron chi connectivity index (χ3n) is 4.74. The molecule has 33 heavy (non-hydrogen) atoms. The van der Waals surface area contributed by atoms with Crippen molar-refractivity contribution in [3.8, 4) is 0 Å². The zero-order valence-electron chi connectivity index (χ0n) is 19.8. The zero-order chi connectivity index (χ0) is 25.9. The number of hydrogen-bond donors (Lipinski definition) is 3. The van der Waals surface area contributed by atoms with Gasteiger partial charge in [0.2, 0.25) is 5.91 Å². The number of amides is 1. The molecular weight excluding hydrogens is 436 g/mol. The smallest absolute Gasteiger partial charge is 0.342 e. The van der Waals surface area contributed by atoms with Crippen LogP contribution in [0.4, 0.5) is 0 Å². The lowest BCUT2D eigenvalue weighted by atomic mass is 10.1. The lowest BCUT2D eigenvalue weighted by Gasteiger charge is -2.07. The van der Waals surface area contributed by atoms with Crippen molar-refractivity contribution in [3.63, 3.8) is 0 Å². The van der Waals surface area contributed by atoms with Crippen molar-refractivity contribution in [2.75, 3.05) is 13.7 Å². The number of rotatable bonds is 6. The molecule has 0 bridgehead atoms. The molecule has 182 valence electrons. The van der Waals surface area contributed by atoms with Gasteiger partial charge in [-0.15, -0.1) is 0 Å². The molecule has 2 aliphatic rings. The molecule has 0 atom stereocenters. The second-order valence-corrected chi connectivity index (χ2v) is 6.86. The Balaban J connectivity index is 0.000000478. The first kappa shape index (κ1) is 29.4. The molecule has 0 aromatic heterocycles. The van der Waals surface area contributed by atoms with E-state index in [1.807, 2.05) is 6.92 Å². The summed E-state index contributed by atoms with van der Waals surface area (Å²) < 4.78 is 8.56. The van der Waals surface area contributed by atoms with Crippen LogP contribution in [-0.4, -0.2) is 54.6 Å². The van der Waals surface area contributed by atoms with Crippen molar-refractivity contribution in [1.29, 1.82) is 0 Å². The molecule has 2 rings (SSSR count). The monoisotopic (exact) mass is 466 g/mol. The molecule has 2 heterocycles. The fourth-order valence-corrected chi connectivity index (χ4v) is 2.47. The summed E-state index contributed by atoms with van der Waals surface area (Å²) in [4.78, 5) is 64.4. The van der Waals surface area contributed by atoms with E-state index in [2.05, 4.69) is 20.1 Å². The SMILES string of the molecule is CC/C(C(=O)O)=C(\C)C(=O)NCNC.CC1=C(C)C(=O)OC1=O.CCC1=C(C)C(=O)OC1=O. The Morgan fingerprint density at radius 3 is 1.55 bits per heavy atom. The van der Waals surface area contributed by atoms with Crippen LogP contribution in [0.25, 0.3) is 0 Å². The summed E-state index contributed by atoms with van der Waals surface area (Å²) in [7, 11) is 1.69. The summed E-state index contributed by atoms with van der Waals surface area (Å²) in [5, 5.41) is 14.0. The van der Waals surface area contributed by atoms with Gasteiger partial charge in [0.15, 0.2) is 0 Å². The van der Waals surface area contributed by atoms with E-state index in [1.165, 1.54) is 6.92 Å². The molecular formula is C22H30N2O9. The third kappa shape index (κ3) is 8.45. The first-order valence-electron chi connectivity index (χ1n) is 10.1. The second kappa shape index (κ2) is 13.7. The van der Waals surface area contributed by atoms with Crippen LogP contribution in [0.1, 0.15) is 54.4 Å². The van der Waals surface area contributed by atoms with Crippen molar-refractivity contribution in [2.24, 2.45) is 0 Å². The van der Waals surface area contributed by atoms with Gasteiger partial charge >= 0.3 is 29.8 Å². The lowest BCUT2D eigenvalue weighted by Crippen LogP contribution is -2.33. The fourth-order valence-electron chi connectivity index (χ4n) is 2.47. The minimum absolute atomic E-state index is 0.151. The lowest BCUT2D eigenvalue weighted by molar-refractivity contribution is -0.152. The van der Waals surface area contributed by atoms with Gasteiger partial charge in [-0.05, 0) is 47.6 Å². The number of nitrogens with one attached hydrogen (secondary N) is 2. The third-order valence-corrected chi connectivity index (χ3v) is 4.74. The van der Waals surface area contributed by atoms with Gasteiger partial charge in [0.05, 0.1) is 6.67 Å². The molecule has 3 N–H and O–H groups in total. The maximum atomic E-state index is 11.3. The molecule has 11 heteroatoms. The normalized spacial score (nSPS) is 15.7. The van der Waals surface area contributed by atoms with Gasteiger partial charge in [0.1, 0.15) is 0 Å². The van der Waals surface area contributed by atoms with Crippen molar-refractivity contribution >= 4 is 35.8 Å². The molecule has 0 saturated carbocycles. The number of cyclic esters (lactones) is 4. The van der Waals surface area contributed by atoms with E-state index in [1.54, 1.807) is 34.7 Å². The Morgan fingerprint density at radius 1 is 0.848 bits per heavy atom. The van der Waals surface area contributed by atoms with Gasteiger partial charge in [-0.1, -0.05) is 13.8 Å². The van der Waals surface area contributed by atoms with Crippen LogP contribution in [0.5, 0.6) is 0 Å². The van der Waals surface area contributed by atoms with Gasteiger partial charge < -0.3 is 25.2 Å². The average Bonchev–Trinajstić information content (AvgIpc) is 3.14. The Morgan fingerprint density at radius 2 is 1.30 bits per heavy atom. The van der Waals surface area contributed by atoms with Crippen LogP contribution in [0, 0.1) is 0 Å². The molecule has 0 aromatic carbocycles. The molecule has 0 aromatic rings. The topological polar surface area (TPSA) is 165 Å². The number of esters is 4. The maximum absolute atomic E-state index is 11.3. The van der Waals surface area contributed by atoms with Gasteiger partial charge in [0, 0.05) is 33.4 Å². The van der Waals surface area contributed by atoms with Crippen LogP contribution in [0.2, 0.25) is 0 Å². The molecule has 11 nitrogen and oxygen atoms in total. The highest BCUT2D eigenvalue weighted by molar-refractivity contribution is 6.12. The van der Waals surface area contributed by atoms with E-state index in [4.69, 9.17) is 5.11 Å². The van der Waals surface area contributed by atoms with Crippen LogP contribution in [0.3, 0.4) is 0 Å². The van der Waals surface area contributed by atoms with Crippen LogP contribution >= 0.6 is 0 Å². The number of carbonyl (C=O) groups is 6. The van der Waals surface area contributed by atoms with Crippen molar-refractivity contribution in [3.05, 3.63) is 33.4 Å². The summed E-state index contributed by atoms with van der Waals surface area (Å²) in [5.74, 6) is -3.40. The molecule has 2 aliphatic heterocycles. The first-order valence-corrected chi connectivity index (χ1v) is 10.1. The molecule has 0 spiro atoms. The van der Waals surface area contributed by atoms with Crippen molar-refractivity contribution < 1.29 is 43.3 Å². The summed E-state index contributed by atoms with van der Waals surface area (Å²) >= 11 is 0. The highest BCUT2D eigenvalue weighted by Crippen LogP contribution is 2.18. The summed E-state index contributed by atoms with van der Waals surface area (Å²) in [6, 6.07) is 0. The Hall–Kier alpha value is -3.60. The molecule has 1 amide bonds. The van der Waals surface area contributed by atoms with Crippen molar-refractivity contribution in [1.82, 2.24) is 10.6 Å². The number of ether oxygens (including phenoxy) is 2. The van der Waals surface area contributed by atoms with E-state index < -0.39 is 29.8 Å². The van der Waals surface area contributed by atoms with E-state index in [0.29, 0.717) is 41.8 Å². The molecule has 0 aliphatic carbocycles. The number of carbonyl (C=O) groups excluding carboxylic acids is 5. The Bertz CT molecular complexity index is 918. The molecule has 0 fully saturated rings. The molecule has 0 saturated heterocycles. The Kier molecular flexibility index (Phi) is 12.2. The van der Waals surface area contributed by atoms with Gasteiger partial charge in [-0.3, -0.25) is 4.79 Å². The first-order chi connectivity index (χ1) is 15.3. The largest absolute Gasteiger partial charge is 0.478 e. The number of aliphatic carboxylic acids is 1. The quantitative estimate of drug-likeness (QED) is 0.225. The highest BCUT2D eigenvalue weighted by Gasteiger charge is 2.28. The fraction of sp³-hybridized carbons (Fsp3) is 0.455. The summed E-state index contributed by atoms with van der Waals surface area (Å²) in [6.07, 6.45) is 0.907. The van der Waals surface area contributed by atoms with E-state index >= 15 is 0 Å². The average molecular weight is 466 g/mol. The maximum Gasteiger partial charge on any atom is 0.342 e. The van der Waals surface area contributed by atoms with Crippen LogP contribution < -0.4 is 10.6 Å². The predicted molar refractivity (Wildman–Crippen MR) is 116 cm³/mol. The van der Waals surface area contributed by atoms with Gasteiger partial charge in [-0.2, -0.15) is 0 Å². The predicted octanol–water partition coefficient (Wildman–Crippen LogP) is 1.29. The number of hydrogen-bond acceptors (Lipinski definition) is 9. The number of carboxylic acids is 1. The molecule has 0 unspecified atom stereocenters. The Labute approximate surface area is 191 Å². The minimum atomic E-state index is -1.04. The number of carboxylic acid groups (broad SMARTS) is 1. The summed E-state index contributed by atoms with van der Waals surface area (Å²) in [5.41, 5.74) is 2.20. The van der Waals surface area contributed by atoms with E-state index in [0.717, 1.165) is 0 Å².